The maximum atomic E-state index is 13.5. The maximum absolute atomic E-state index is 13.5. The maximum Gasteiger partial charge on any atom is 0.270 e. The zero-order chi connectivity index (χ0) is 14.7. The highest BCUT2D eigenvalue weighted by Gasteiger charge is 2.14. The van der Waals surface area contributed by atoms with Gasteiger partial charge in [0.25, 0.3) is 11.6 Å². The van der Waals surface area contributed by atoms with Crippen molar-refractivity contribution >= 4 is 33.2 Å². The molecule has 7 heteroatoms. The number of benzene rings is 2. The van der Waals surface area contributed by atoms with Crippen LogP contribution in [0, 0.1) is 15.9 Å². The van der Waals surface area contributed by atoms with Gasteiger partial charge >= 0.3 is 0 Å². The number of nitrogens with zero attached hydrogens (tertiary/aromatic N) is 1. The molecule has 0 aliphatic heterocycles. The lowest BCUT2D eigenvalue weighted by molar-refractivity contribution is -0.384. The molecule has 0 radical (unpaired) electrons. The molecule has 5 nitrogen and oxygen atoms in total. The van der Waals surface area contributed by atoms with E-state index < -0.39 is 16.6 Å². The molecule has 0 spiro atoms. The molecule has 0 aromatic heterocycles. The lowest BCUT2D eigenvalue weighted by Gasteiger charge is -2.07. The molecule has 2 aromatic carbocycles. The van der Waals surface area contributed by atoms with E-state index in [1.54, 1.807) is 6.07 Å². The Hall–Kier alpha value is -2.28. The van der Waals surface area contributed by atoms with Gasteiger partial charge in [-0.25, -0.2) is 4.39 Å². The summed E-state index contributed by atoms with van der Waals surface area (Å²) < 4.78 is 13.8. The molecule has 0 saturated carbocycles. The summed E-state index contributed by atoms with van der Waals surface area (Å²) in [5.74, 6) is -1.26. The molecule has 0 aliphatic carbocycles. The smallest absolute Gasteiger partial charge is 0.270 e. The van der Waals surface area contributed by atoms with Crippen molar-refractivity contribution in [1.82, 2.24) is 0 Å². The highest BCUT2D eigenvalue weighted by molar-refractivity contribution is 9.10. The van der Waals surface area contributed by atoms with Crippen molar-refractivity contribution in [2.45, 2.75) is 0 Å². The van der Waals surface area contributed by atoms with Gasteiger partial charge < -0.3 is 5.32 Å². The van der Waals surface area contributed by atoms with Crippen molar-refractivity contribution in [2.24, 2.45) is 0 Å². The van der Waals surface area contributed by atoms with Crippen LogP contribution in [0.2, 0.25) is 0 Å². The van der Waals surface area contributed by atoms with Gasteiger partial charge in [-0.3, -0.25) is 14.9 Å². The van der Waals surface area contributed by atoms with E-state index in [4.69, 9.17) is 0 Å². The van der Waals surface area contributed by atoms with E-state index in [9.17, 15) is 19.3 Å². The van der Waals surface area contributed by atoms with Crippen LogP contribution in [0.5, 0.6) is 0 Å². The minimum absolute atomic E-state index is 0.0993. The molecule has 0 bridgehead atoms. The average Bonchev–Trinajstić information content (AvgIpc) is 2.41. The Labute approximate surface area is 121 Å². The van der Waals surface area contributed by atoms with Crippen LogP contribution in [0.15, 0.2) is 46.9 Å². The van der Waals surface area contributed by atoms with Crippen LogP contribution in [0.25, 0.3) is 0 Å². The quantitative estimate of drug-likeness (QED) is 0.684. The number of carbonyl (C=O) groups is 1. The second-order valence-corrected chi connectivity index (χ2v) is 4.71. The van der Waals surface area contributed by atoms with Crippen molar-refractivity contribution in [3.05, 3.63) is 68.4 Å². The highest BCUT2D eigenvalue weighted by atomic mass is 79.9. The first-order chi connectivity index (χ1) is 9.49. The lowest BCUT2D eigenvalue weighted by atomic mass is 10.2. The number of rotatable bonds is 3. The van der Waals surface area contributed by atoms with Gasteiger partial charge in [-0.15, -0.1) is 0 Å². The summed E-state index contributed by atoms with van der Waals surface area (Å²) in [5, 5.41) is 13.1. The minimum atomic E-state index is -0.636. The Morgan fingerprint density at radius 2 is 1.95 bits per heavy atom. The first-order valence-corrected chi connectivity index (χ1v) is 6.28. The van der Waals surface area contributed by atoms with Crippen molar-refractivity contribution in [3.63, 3.8) is 0 Å². The van der Waals surface area contributed by atoms with Crippen LogP contribution in [0.3, 0.4) is 0 Å². The van der Waals surface area contributed by atoms with Gasteiger partial charge in [-0.2, -0.15) is 0 Å². The van der Waals surface area contributed by atoms with Crippen LogP contribution < -0.4 is 5.32 Å². The summed E-state index contributed by atoms with van der Waals surface area (Å²) in [4.78, 5) is 22.0. The molecular formula is C13H8BrFN2O3. The van der Waals surface area contributed by atoms with Crippen molar-refractivity contribution in [2.75, 3.05) is 5.32 Å². The van der Waals surface area contributed by atoms with Crippen LogP contribution in [0.1, 0.15) is 10.4 Å². The summed E-state index contributed by atoms with van der Waals surface area (Å²) in [6, 6.07) is 9.44. The molecular weight excluding hydrogens is 331 g/mol. The summed E-state index contributed by atoms with van der Waals surface area (Å²) in [6.45, 7) is 0. The fourth-order valence-electron chi connectivity index (χ4n) is 1.55. The van der Waals surface area contributed by atoms with Gasteiger partial charge in [0, 0.05) is 16.6 Å². The summed E-state index contributed by atoms with van der Waals surface area (Å²) in [7, 11) is 0. The van der Waals surface area contributed by atoms with Gasteiger partial charge in [0.1, 0.15) is 5.82 Å². The Morgan fingerprint density at radius 1 is 1.25 bits per heavy atom. The second-order valence-electron chi connectivity index (χ2n) is 3.86. The second kappa shape index (κ2) is 5.79. The van der Waals surface area contributed by atoms with Crippen LogP contribution in [-0.4, -0.2) is 10.8 Å². The largest absolute Gasteiger partial charge is 0.321 e. The topological polar surface area (TPSA) is 72.2 Å². The highest BCUT2D eigenvalue weighted by Crippen LogP contribution is 2.27. The van der Waals surface area contributed by atoms with Gasteiger partial charge in [-0.1, -0.05) is 12.1 Å². The SMILES string of the molecule is O=C(Nc1ccc([N+](=O)[O-])cc1Br)c1ccccc1F. The van der Waals surface area contributed by atoms with Gasteiger partial charge in [0.05, 0.1) is 16.2 Å². The Balaban J connectivity index is 2.25. The first kappa shape index (κ1) is 14.1. The number of carbonyl (C=O) groups excluding carboxylic acids is 1. The Kier molecular flexibility index (Phi) is 4.09. The fourth-order valence-corrected chi connectivity index (χ4v) is 2.02. The number of nitrogens with one attached hydrogen (secondary N) is 1. The van der Waals surface area contributed by atoms with Crippen molar-refractivity contribution in [3.8, 4) is 0 Å². The molecule has 20 heavy (non-hydrogen) atoms. The fraction of sp³-hybridized carbons (Fsp3) is 0. The standard InChI is InChI=1S/C13H8BrFN2O3/c14-10-7-8(17(19)20)5-6-12(10)16-13(18)9-3-1-2-4-11(9)15/h1-7H,(H,16,18). The van der Waals surface area contributed by atoms with Crippen molar-refractivity contribution in [1.29, 1.82) is 0 Å². The summed E-state index contributed by atoms with van der Waals surface area (Å²) >= 11 is 3.12. The zero-order valence-corrected chi connectivity index (χ0v) is 11.6. The van der Waals surface area contributed by atoms with E-state index in [-0.39, 0.29) is 11.3 Å². The molecule has 1 N–H and O–H groups in total. The molecule has 102 valence electrons. The molecule has 1 amide bonds. The minimum Gasteiger partial charge on any atom is -0.321 e. The van der Waals surface area contributed by atoms with E-state index in [2.05, 4.69) is 21.2 Å². The number of non-ortho nitro benzene ring substituents is 1. The summed E-state index contributed by atoms with van der Waals surface area (Å²) in [5.41, 5.74) is 0.113. The zero-order valence-electron chi connectivity index (χ0n) is 9.97. The molecule has 0 saturated heterocycles. The van der Waals surface area contributed by atoms with E-state index in [1.165, 1.54) is 36.4 Å². The predicted molar refractivity (Wildman–Crippen MR) is 75.1 cm³/mol. The van der Waals surface area contributed by atoms with Crippen LogP contribution >= 0.6 is 15.9 Å². The molecule has 2 rings (SSSR count). The Bertz CT molecular complexity index is 691. The molecule has 0 fully saturated rings. The van der Waals surface area contributed by atoms with E-state index >= 15 is 0 Å². The number of anilines is 1. The summed E-state index contributed by atoms with van der Waals surface area (Å²) in [6.07, 6.45) is 0. The monoisotopic (exact) mass is 338 g/mol. The number of hydrogen-bond acceptors (Lipinski definition) is 3. The van der Waals surface area contributed by atoms with E-state index in [0.717, 1.165) is 0 Å². The number of nitro groups is 1. The molecule has 0 aliphatic rings. The normalized spacial score (nSPS) is 10.1. The number of halogens is 2. The third kappa shape index (κ3) is 3.00. The lowest BCUT2D eigenvalue weighted by Crippen LogP contribution is -2.14. The van der Waals surface area contributed by atoms with Crippen molar-refractivity contribution < 1.29 is 14.1 Å². The van der Waals surface area contributed by atoms with Crippen LogP contribution in [0.4, 0.5) is 15.8 Å². The molecule has 0 unspecified atom stereocenters. The van der Waals surface area contributed by atoms with Gasteiger partial charge in [-0.05, 0) is 34.1 Å². The molecule has 2 aromatic rings. The predicted octanol–water partition coefficient (Wildman–Crippen LogP) is 3.75. The number of nitro benzene ring substituents is 1. The Morgan fingerprint density at radius 3 is 2.55 bits per heavy atom. The third-order valence-electron chi connectivity index (χ3n) is 2.53. The molecule has 0 atom stereocenters. The van der Waals surface area contributed by atoms with Gasteiger partial charge in [0.15, 0.2) is 0 Å². The van der Waals surface area contributed by atoms with E-state index in [0.29, 0.717) is 10.2 Å². The number of amides is 1. The van der Waals surface area contributed by atoms with E-state index in [1.807, 2.05) is 0 Å². The average molecular weight is 339 g/mol. The van der Waals surface area contributed by atoms with Crippen LogP contribution in [-0.2, 0) is 0 Å². The molecule has 0 heterocycles. The third-order valence-corrected chi connectivity index (χ3v) is 3.19. The number of hydrogen-bond donors (Lipinski definition) is 1. The van der Waals surface area contributed by atoms with Gasteiger partial charge in [0.2, 0.25) is 0 Å². The first-order valence-electron chi connectivity index (χ1n) is 5.49.